The first-order valence-electron chi connectivity index (χ1n) is 9.22. The molecule has 2 unspecified atom stereocenters. The predicted octanol–water partition coefficient (Wildman–Crippen LogP) is 6.89. The minimum atomic E-state index is -1.63. The molecule has 0 saturated carbocycles. The van der Waals surface area contributed by atoms with E-state index < -0.39 is 8.50 Å². The number of fused-ring (bicyclic) bond motifs is 1. The SMILES string of the molecule is O=C1C2CC=CCC2C(=O)N1SC(Cl)(Cl)C(Cl)Cl.c1ccccc1.c1ccccc1. The Kier molecular flexibility index (Phi) is 10.6. The van der Waals surface area contributed by atoms with Gasteiger partial charge in [-0.05, 0) is 12.8 Å². The van der Waals surface area contributed by atoms with Crippen LogP contribution in [0.4, 0.5) is 0 Å². The van der Waals surface area contributed by atoms with Crippen molar-refractivity contribution >= 4 is 70.2 Å². The molecule has 3 nitrogen and oxygen atoms in total. The molecular formula is C22H21Cl4NO2S. The van der Waals surface area contributed by atoms with Gasteiger partial charge in [0.25, 0.3) is 0 Å². The number of hydrogen-bond donors (Lipinski definition) is 0. The van der Waals surface area contributed by atoms with Gasteiger partial charge in [-0.3, -0.25) is 9.59 Å². The Labute approximate surface area is 201 Å². The zero-order valence-electron chi connectivity index (χ0n) is 15.9. The summed E-state index contributed by atoms with van der Waals surface area (Å²) in [7, 11) is 0. The van der Waals surface area contributed by atoms with E-state index in [4.69, 9.17) is 46.4 Å². The van der Waals surface area contributed by atoms with E-state index in [0.717, 1.165) is 4.31 Å². The van der Waals surface area contributed by atoms with E-state index in [1.54, 1.807) is 0 Å². The average Bonchev–Trinajstić information content (AvgIpc) is 3.02. The molecule has 2 aliphatic rings. The van der Waals surface area contributed by atoms with E-state index >= 15 is 0 Å². The number of carbonyl (C=O) groups excluding carboxylic acids is 2. The number of halogens is 4. The van der Waals surface area contributed by atoms with E-state index in [-0.39, 0.29) is 23.7 Å². The highest BCUT2D eigenvalue weighted by Gasteiger charge is 2.51. The molecule has 1 fully saturated rings. The summed E-state index contributed by atoms with van der Waals surface area (Å²) in [6, 6.07) is 24.0. The maximum Gasteiger partial charge on any atom is 0.243 e. The zero-order valence-corrected chi connectivity index (χ0v) is 19.8. The first-order chi connectivity index (χ1) is 14.3. The van der Waals surface area contributed by atoms with Crippen LogP contribution < -0.4 is 0 Å². The quantitative estimate of drug-likeness (QED) is 0.197. The number of rotatable bonds is 3. The number of imide groups is 1. The van der Waals surface area contributed by atoms with Crippen molar-refractivity contribution in [3.63, 3.8) is 0 Å². The van der Waals surface area contributed by atoms with Crippen molar-refractivity contribution in [2.45, 2.75) is 21.3 Å². The van der Waals surface area contributed by atoms with Crippen LogP contribution in [-0.4, -0.2) is 24.6 Å². The Balaban J connectivity index is 0.000000215. The summed E-state index contributed by atoms with van der Waals surface area (Å²) >= 11 is 23.7. The van der Waals surface area contributed by atoms with Gasteiger partial charge in [-0.1, -0.05) is 108 Å². The van der Waals surface area contributed by atoms with Gasteiger partial charge >= 0.3 is 0 Å². The van der Waals surface area contributed by atoms with E-state index in [0.29, 0.717) is 24.8 Å². The fraction of sp³-hybridized carbons (Fsp3) is 0.273. The molecular weight excluding hydrogens is 484 g/mol. The Bertz CT molecular complexity index is 707. The third kappa shape index (κ3) is 7.51. The number of allylic oxidation sites excluding steroid dienone is 2. The summed E-state index contributed by atoms with van der Waals surface area (Å²) < 4.78 is -0.630. The third-order valence-electron chi connectivity index (χ3n) is 4.27. The summed E-state index contributed by atoms with van der Waals surface area (Å²) in [5.41, 5.74) is 0. The molecule has 0 spiro atoms. The van der Waals surface area contributed by atoms with Gasteiger partial charge in [0.2, 0.25) is 15.5 Å². The number of alkyl halides is 4. The standard InChI is InChI=1S/C10H9Cl4NO2S.2C6H6/c11-9(12)10(13,14)18-15-7(16)5-3-1-2-4-6(5)8(15)17;2*1-2-4-6-5-3-1/h1-2,5-6,9H,3-4H2;2*1-6H. The van der Waals surface area contributed by atoms with Crippen molar-refractivity contribution < 1.29 is 9.59 Å². The second-order valence-corrected chi connectivity index (χ2v) is 10.5. The molecule has 0 bridgehead atoms. The van der Waals surface area contributed by atoms with Crippen LogP contribution in [0.1, 0.15) is 12.8 Å². The number of hydrogen-bond acceptors (Lipinski definition) is 3. The lowest BCUT2D eigenvalue weighted by Crippen LogP contribution is -2.31. The highest BCUT2D eigenvalue weighted by molar-refractivity contribution is 8.02. The fourth-order valence-electron chi connectivity index (χ4n) is 2.79. The van der Waals surface area contributed by atoms with Crippen LogP contribution in [0.5, 0.6) is 0 Å². The summed E-state index contributed by atoms with van der Waals surface area (Å²) in [5, 5.41) is 0. The van der Waals surface area contributed by atoms with Crippen LogP contribution in [-0.2, 0) is 9.59 Å². The lowest BCUT2D eigenvalue weighted by molar-refractivity contribution is -0.133. The van der Waals surface area contributed by atoms with Crippen LogP contribution in [0.3, 0.4) is 0 Å². The highest BCUT2D eigenvalue weighted by atomic mass is 35.5. The minimum absolute atomic E-state index is 0.279. The van der Waals surface area contributed by atoms with Crippen molar-refractivity contribution in [3.8, 4) is 0 Å². The highest BCUT2D eigenvalue weighted by Crippen LogP contribution is 2.48. The number of carbonyl (C=O) groups is 2. The molecule has 1 saturated heterocycles. The molecule has 2 aromatic rings. The minimum Gasteiger partial charge on any atom is -0.273 e. The van der Waals surface area contributed by atoms with E-state index in [9.17, 15) is 9.59 Å². The molecule has 0 radical (unpaired) electrons. The van der Waals surface area contributed by atoms with Crippen LogP contribution in [0.25, 0.3) is 0 Å². The predicted molar refractivity (Wildman–Crippen MR) is 128 cm³/mol. The lowest BCUT2D eigenvalue weighted by atomic mass is 9.85. The number of amides is 2. The molecule has 2 amide bonds. The largest absolute Gasteiger partial charge is 0.273 e. The molecule has 160 valence electrons. The monoisotopic (exact) mass is 503 g/mol. The van der Waals surface area contributed by atoms with Crippen molar-refractivity contribution in [2.24, 2.45) is 11.8 Å². The van der Waals surface area contributed by atoms with Gasteiger partial charge < -0.3 is 0 Å². The first-order valence-corrected chi connectivity index (χ1v) is 11.6. The molecule has 30 heavy (non-hydrogen) atoms. The zero-order chi connectivity index (χ0) is 22.0. The topological polar surface area (TPSA) is 37.4 Å². The maximum absolute atomic E-state index is 12.1. The van der Waals surface area contributed by atoms with Crippen LogP contribution in [0.2, 0.25) is 0 Å². The van der Waals surface area contributed by atoms with Gasteiger partial charge in [0.05, 0.1) is 11.8 Å². The smallest absolute Gasteiger partial charge is 0.243 e. The van der Waals surface area contributed by atoms with E-state index in [1.807, 2.05) is 84.9 Å². The number of nitrogens with zero attached hydrogens (tertiary/aromatic N) is 1. The number of benzene rings is 2. The Morgan fingerprint density at radius 3 is 1.30 bits per heavy atom. The fourth-order valence-corrected chi connectivity index (χ4v) is 4.22. The normalized spacial score (nSPS) is 20.1. The molecule has 0 aromatic heterocycles. The van der Waals surface area contributed by atoms with Crippen molar-refractivity contribution in [2.75, 3.05) is 0 Å². The van der Waals surface area contributed by atoms with Crippen LogP contribution in [0.15, 0.2) is 84.9 Å². The van der Waals surface area contributed by atoms with E-state index in [2.05, 4.69) is 0 Å². The second kappa shape index (κ2) is 12.6. The van der Waals surface area contributed by atoms with E-state index in [1.165, 1.54) is 0 Å². The van der Waals surface area contributed by atoms with Crippen LogP contribution in [0, 0.1) is 11.8 Å². The Hall–Kier alpha value is -1.17. The van der Waals surface area contributed by atoms with Gasteiger partial charge in [0.1, 0.15) is 0 Å². The summed E-state index contributed by atoms with van der Waals surface area (Å²) in [6.45, 7) is 0. The summed E-state index contributed by atoms with van der Waals surface area (Å²) in [4.78, 5) is 23.1. The molecule has 0 N–H and O–H groups in total. The Morgan fingerprint density at radius 1 is 0.733 bits per heavy atom. The molecule has 4 rings (SSSR count). The summed E-state index contributed by atoms with van der Waals surface area (Å²) in [5.74, 6) is -1.19. The molecule has 8 heteroatoms. The molecule has 1 aliphatic carbocycles. The van der Waals surface area contributed by atoms with Crippen LogP contribution >= 0.6 is 58.4 Å². The van der Waals surface area contributed by atoms with Crippen molar-refractivity contribution in [1.82, 2.24) is 4.31 Å². The first kappa shape index (κ1) is 25.1. The second-order valence-electron chi connectivity index (χ2n) is 6.39. The molecule has 2 aromatic carbocycles. The van der Waals surface area contributed by atoms with Gasteiger partial charge in [-0.25, -0.2) is 4.31 Å². The Morgan fingerprint density at radius 2 is 1.03 bits per heavy atom. The van der Waals surface area contributed by atoms with Gasteiger partial charge in [0.15, 0.2) is 4.84 Å². The van der Waals surface area contributed by atoms with Crippen molar-refractivity contribution in [3.05, 3.63) is 84.9 Å². The van der Waals surface area contributed by atoms with Gasteiger partial charge in [0, 0.05) is 11.9 Å². The van der Waals surface area contributed by atoms with Gasteiger partial charge in [-0.2, -0.15) is 0 Å². The summed E-state index contributed by atoms with van der Waals surface area (Å²) in [6.07, 6.45) is 4.94. The molecule has 2 atom stereocenters. The van der Waals surface area contributed by atoms with Gasteiger partial charge in [-0.15, -0.1) is 23.2 Å². The third-order valence-corrected chi connectivity index (χ3v) is 7.50. The van der Waals surface area contributed by atoms with Crippen molar-refractivity contribution in [1.29, 1.82) is 0 Å². The average molecular weight is 505 g/mol. The maximum atomic E-state index is 12.1. The molecule has 1 heterocycles. The molecule has 1 aliphatic heterocycles. The lowest BCUT2D eigenvalue weighted by Gasteiger charge is -2.24.